The second-order valence-electron chi connectivity index (χ2n) is 6.40. The van der Waals surface area contributed by atoms with Crippen LogP contribution in [0.1, 0.15) is 26.3 Å². The van der Waals surface area contributed by atoms with E-state index < -0.39 is 10.0 Å². The maximum Gasteiger partial charge on any atom is 0.273 e. The zero-order valence-electron chi connectivity index (χ0n) is 13.8. The van der Waals surface area contributed by atoms with Gasteiger partial charge < -0.3 is 0 Å². The van der Waals surface area contributed by atoms with E-state index in [0.717, 1.165) is 20.7 Å². The fourth-order valence-corrected chi connectivity index (χ4v) is 6.09. The van der Waals surface area contributed by atoms with Crippen molar-refractivity contribution in [1.29, 1.82) is 0 Å². The normalized spacial score (nSPS) is 12.3. The van der Waals surface area contributed by atoms with E-state index >= 15 is 0 Å². The van der Waals surface area contributed by atoms with Crippen molar-refractivity contribution in [3.05, 3.63) is 45.7 Å². The van der Waals surface area contributed by atoms with Gasteiger partial charge in [0.1, 0.15) is 9.22 Å². The molecule has 25 heavy (non-hydrogen) atoms. The summed E-state index contributed by atoms with van der Waals surface area (Å²) >= 11 is 5.62. The van der Waals surface area contributed by atoms with Gasteiger partial charge in [0, 0.05) is 5.56 Å². The molecule has 0 saturated carbocycles. The molecular weight excluding hydrogens is 442 g/mol. The first-order valence-corrected chi connectivity index (χ1v) is 11.3. The average molecular weight is 458 g/mol. The van der Waals surface area contributed by atoms with Gasteiger partial charge in [0.2, 0.25) is 5.13 Å². The largest absolute Gasteiger partial charge is 0.273 e. The van der Waals surface area contributed by atoms with Crippen molar-refractivity contribution in [3.63, 3.8) is 0 Å². The number of hydrogen-bond acceptors (Lipinski definition) is 6. The van der Waals surface area contributed by atoms with Crippen LogP contribution < -0.4 is 4.72 Å². The van der Waals surface area contributed by atoms with E-state index in [1.807, 2.05) is 12.1 Å². The molecule has 0 saturated heterocycles. The molecule has 0 radical (unpaired) electrons. The van der Waals surface area contributed by atoms with E-state index in [1.165, 1.54) is 16.9 Å². The van der Waals surface area contributed by atoms with Crippen LogP contribution in [0.2, 0.25) is 0 Å². The third-order valence-electron chi connectivity index (χ3n) is 3.46. The predicted octanol–water partition coefficient (Wildman–Crippen LogP) is 5.13. The van der Waals surface area contributed by atoms with Gasteiger partial charge in [-0.2, -0.15) is 0 Å². The predicted molar refractivity (Wildman–Crippen MR) is 107 cm³/mol. The van der Waals surface area contributed by atoms with Crippen molar-refractivity contribution in [2.45, 2.75) is 30.4 Å². The minimum absolute atomic E-state index is 0.0788. The van der Waals surface area contributed by atoms with Gasteiger partial charge >= 0.3 is 0 Å². The number of anilines is 1. The maximum atomic E-state index is 12.3. The second-order valence-corrected chi connectivity index (χ2v) is 11.8. The summed E-state index contributed by atoms with van der Waals surface area (Å²) in [4.78, 5) is 0. The Balaban J connectivity index is 1.81. The van der Waals surface area contributed by atoms with Crippen LogP contribution in [0.4, 0.5) is 5.13 Å². The monoisotopic (exact) mass is 457 g/mol. The highest BCUT2D eigenvalue weighted by Gasteiger charge is 2.19. The molecule has 3 aromatic rings. The van der Waals surface area contributed by atoms with Gasteiger partial charge in [0.25, 0.3) is 10.0 Å². The van der Waals surface area contributed by atoms with Gasteiger partial charge in [-0.25, -0.2) is 8.42 Å². The van der Waals surface area contributed by atoms with E-state index in [9.17, 15) is 8.42 Å². The minimum atomic E-state index is -3.64. The van der Waals surface area contributed by atoms with E-state index in [0.29, 0.717) is 5.01 Å². The Hall–Kier alpha value is -1.29. The second kappa shape index (κ2) is 6.79. The Morgan fingerprint density at radius 2 is 1.68 bits per heavy atom. The van der Waals surface area contributed by atoms with E-state index in [1.54, 1.807) is 12.1 Å². The summed E-state index contributed by atoms with van der Waals surface area (Å²) in [6.45, 7) is 6.47. The molecule has 0 unspecified atom stereocenters. The summed E-state index contributed by atoms with van der Waals surface area (Å²) < 4.78 is 28.1. The quantitative estimate of drug-likeness (QED) is 0.589. The molecule has 0 aliphatic heterocycles. The Bertz CT molecular complexity index is 986. The third-order valence-corrected chi connectivity index (χ3v) is 7.93. The Labute approximate surface area is 163 Å². The number of aromatic nitrogens is 2. The molecule has 0 bridgehead atoms. The molecule has 0 spiro atoms. The molecule has 0 aliphatic carbocycles. The molecule has 0 atom stereocenters. The molecule has 0 amide bonds. The molecule has 2 aromatic heterocycles. The summed E-state index contributed by atoms with van der Waals surface area (Å²) in [6.07, 6.45) is 0. The van der Waals surface area contributed by atoms with Crippen LogP contribution in [0, 0.1) is 0 Å². The minimum Gasteiger partial charge on any atom is -0.252 e. The van der Waals surface area contributed by atoms with Crippen LogP contribution in [-0.4, -0.2) is 18.6 Å². The van der Waals surface area contributed by atoms with Gasteiger partial charge in [-0.1, -0.05) is 56.4 Å². The molecular formula is C16H16BrN3O2S3. The standard InChI is InChI=1S/C16H16BrN3O2S3/c1-16(2,3)11-6-4-10(5-7-11)14-18-19-15(24-14)20-25(21,22)13-9-8-12(17)23-13/h4-9H,1-3H3,(H,19,20). The van der Waals surface area contributed by atoms with Crippen LogP contribution in [0.25, 0.3) is 10.6 Å². The van der Waals surface area contributed by atoms with E-state index in [4.69, 9.17) is 0 Å². The van der Waals surface area contributed by atoms with Gasteiger partial charge in [0.05, 0.1) is 3.79 Å². The van der Waals surface area contributed by atoms with Crippen molar-refractivity contribution < 1.29 is 8.42 Å². The van der Waals surface area contributed by atoms with Crippen LogP contribution in [0.15, 0.2) is 44.4 Å². The summed E-state index contributed by atoms with van der Waals surface area (Å²) in [7, 11) is -3.64. The molecule has 1 N–H and O–H groups in total. The van der Waals surface area contributed by atoms with Gasteiger partial charge in [-0.3, -0.25) is 4.72 Å². The fraction of sp³-hybridized carbons (Fsp3) is 0.250. The molecule has 2 heterocycles. The van der Waals surface area contributed by atoms with E-state index in [2.05, 4.69) is 63.8 Å². The third kappa shape index (κ3) is 4.28. The zero-order chi connectivity index (χ0) is 18.2. The summed E-state index contributed by atoms with van der Waals surface area (Å²) in [5, 5.41) is 8.97. The molecule has 5 nitrogen and oxygen atoms in total. The van der Waals surface area contributed by atoms with Crippen molar-refractivity contribution >= 4 is 53.8 Å². The molecule has 0 fully saturated rings. The summed E-state index contributed by atoms with van der Waals surface area (Å²) in [5.74, 6) is 0. The number of halogens is 1. The highest BCUT2D eigenvalue weighted by atomic mass is 79.9. The topological polar surface area (TPSA) is 72.0 Å². The van der Waals surface area contributed by atoms with Crippen LogP contribution in [-0.2, 0) is 15.4 Å². The zero-order valence-corrected chi connectivity index (χ0v) is 17.8. The highest BCUT2D eigenvalue weighted by molar-refractivity contribution is 9.11. The van der Waals surface area contributed by atoms with Gasteiger partial charge in [-0.15, -0.1) is 21.5 Å². The maximum absolute atomic E-state index is 12.3. The molecule has 1 aromatic carbocycles. The van der Waals surface area contributed by atoms with Gasteiger partial charge in [-0.05, 0) is 39.0 Å². The lowest BCUT2D eigenvalue weighted by Gasteiger charge is -2.18. The number of rotatable bonds is 4. The molecule has 3 rings (SSSR count). The lowest BCUT2D eigenvalue weighted by atomic mass is 9.87. The molecule has 0 aliphatic rings. The number of sulfonamides is 1. The molecule has 132 valence electrons. The number of nitrogens with zero attached hydrogens (tertiary/aromatic N) is 2. The summed E-state index contributed by atoms with van der Waals surface area (Å²) in [6, 6.07) is 11.3. The molecule has 9 heteroatoms. The lowest BCUT2D eigenvalue weighted by Crippen LogP contribution is -2.11. The number of nitrogens with one attached hydrogen (secondary N) is 1. The van der Waals surface area contributed by atoms with Crippen LogP contribution >= 0.6 is 38.6 Å². The number of benzene rings is 1. The summed E-state index contributed by atoms with van der Waals surface area (Å²) in [5.41, 5.74) is 2.22. The van der Waals surface area contributed by atoms with Crippen molar-refractivity contribution in [3.8, 4) is 10.6 Å². The van der Waals surface area contributed by atoms with Crippen LogP contribution in [0.3, 0.4) is 0 Å². The first-order chi connectivity index (χ1) is 11.6. The first-order valence-electron chi connectivity index (χ1n) is 7.38. The van der Waals surface area contributed by atoms with Crippen molar-refractivity contribution in [1.82, 2.24) is 10.2 Å². The fourth-order valence-electron chi connectivity index (χ4n) is 2.10. The SMILES string of the molecule is CC(C)(C)c1ccc(-c2nnc(NS(=O)(=O)c3ccc(Br)s3)s2)cc1. The van der Waals surface area contributed by atoms with Crippen LogP contribution in [0.5, 0.6) is 0 Å². The number of thiophene rings is 1. The lowest BCUT2D eigenvalue weighted by molar-refractivity contribution is 0.590. The Morgan fingerprint density at radius 3 is 2.24 bits per heavy atom. The highest BCUT2D eigenvalue weighted by Crippen LogP contribution is 2.32. The Kier molecular flexibility index (Phi) is 5.02. The van der Waals surface area contributed by atoms with Crippen molar-refractivity contribution in [2.75, 3.05) is 4.72 Å². The van der Waals surface area contributed by atoms with E-state index in [-0.39, 0.29) is 14.8 Å². The number of hydrogen-bond donors (Lipinski definition) is 1. The Morgan fingerprint density at radius 1 is 1.00 bits per heavy atom. The first kappa shape index (κ1) is 18.5. The smallest absolute Gasteiger partial charge is 0.252 e. The van der Waals surface area contributed by atoms with Crippen molar-refractivity contribution in [2.24, 2.45) is 0 Å². The average Bonchev–Trinajstić information content (AvgIpc) is 3.16. The van der Waals surface area contributed by atoms with Gasteiger partial charge in [0.15, 0.2) is 0 Å².